The number of carboxylic acid groups (broad SMARTS) is 1. The molecule has 1 saturated heterocycles. The topological polar surface area (TPSA) is 96.3 Å². The van der Waals surface area contributed by atoms with Gasteiger partial charge in [0.25, 0.3) is 0 Å². The van der Waals surface area contributed by atoms with Crippen molar-refractivity contribution in [3.05, 3.63) is 54.5 Å². The molecular formula is C20H19FN3NaO3. The Morgan fingerprint density at radius 1 is 1.14 bits per heavy atom. The predicted octanol–water partition coefficient (Wildman–Crippen LogP) is 0.564. The molecule has 28 heavy (non-hydrogen) atoms. The summed E-state index contributed by atoms with van der Waals surface area (Å²) in [4.78, 5) is 22.4. The molecular weight excluding hydrogens is 372 g/mol. The number of hydrogen-bond acceptors (Lipinski definition) is 5. The van der Waals surface area contributed by atoms with E-state index in [1.54, 1.807) is 12.3 Å². The Bertz CT molecular complexity index is 978. The van der Waals surface area contributed by atoms with Crippen molar-refractivity contribution in [1.82, 2.24) is 9.97 Å². The van der Waals surface area contributed by atoms with E-state index in [4.69, 9.17) is 4.98 Å². The summed E-state index contributed by atoms with van der Waals surface area (Å²) in [5, 5.41) is 10.1. The largest absolute Gasteiger partial charge is 1.00 e. The molecule has 0 spiro atoms. The number of benzene rings is 1. The SMILES string of the molecule is O=C(O)C1CCN(c2cc3cccnc3c(-c3cccc(F)c3)n2)CC1.[Na+].[OH-]. The second kappa shape index (κ2) is 9.43. The van der Waals surface area contributed by atoms with E-state index in [-0.39, 0.29) is 46.8 Å². The van der Waals surface area contributed by atoms with Gasteiger partial charge in [-0.3, -0.25) is 9.78 Å². The van der Waals surface area contributed by atoms with Gasteiger partial charge in [-0.05, 0) is 37.1 Å². The second-order valence-corrected chi connectivity index (χ2v) is 6.51. The van der Waals surface area contributed by atoms with Crippen LogP contribution in [0.2, 0.25) is 0 Å². The normalized spacial score (nSPS) is 14.2. The first-order valence-electron chi connectivity index (χ1n) is 8.61. The number of rotatable bonds is 3. The monoisotopic (exact) mass is 391 g/mol. The fourth-order valence-corrected chi connectivity index (χ4v) is 3.43. The number of anilines is 1. The van der Waals surface area contributed by atoms with Gasteiger partial charge in [0.2, 0.25) is 0 Å². The number of hydrogen-bond donors (Lipinski definition) is 1. The molecule has 0 bridgehead atoms. The van der Waals surface area contributed by atoms with Crippen molar-refractivity contribution in [3.63, 3.8) is 0 Å². The van der Waals surface area contributed by atoms with Gasteiger partial charge in [0, 0.05) is 30.2 Å². The molecule has 0 radical (unpaired) electrons. The second-order valence-electron chi connectivity index (χ2n) is 6.51. The minimum atomic E-state index is -0.735. The molecule has 2 aromatic heterocycles. The first kappa shape index (κ1) is 22.2. The summed E-state index contributed by atoms with van der Waals surface area (Å²) in [7, 11) is 0. The molecule has 1 aliphatic heterocycles. The molecule has 3 heterocycles. The number of aliphatic carboxylic acids is 1. The third-order valence-corrected chi connectivity index (χ3v) is 4.84. The van der Waals surface area contributed by atoms with Crippen LogP contribution in [0.25, 0.3) is 22.2 Å². The molecule has 8 heteroatoms. The van der Waals surface area contributed by atoms with Crippen molar-refractivity contribution in [2.24, 2.45) is 5.92 Å². The Hall–Kier alpha value is -2.06. The van der Waals surface area contributed by atoms with Crippen molar-refractivity contribution >= 4 is 22.7 Å². The van der Waals surface area contributed by atoms with Gasteiger partial charge in [-0.1, -0.05) is 18.2 Å². The van der Waals surface area contributed by atoms with Crippen LogP contribution in [0.5, 0.6) is 0 Å². The average Bonchev–Trinajstić information content (AvgIpc) is 2.67. The third-order valence-electron chi connectivity index (χ3n) is 4.84. The summed E-state index contributed by atoms with van der Waals surface area (Å²) >= 11 is 0. The molecule has 6 nitrogen and oxygen atoms in total. The maximum atomic E-state index is 13.7. The van der Waals surface area contributed by atoms with Crippen molar-refractivity contribution in [3.8, 4) is 11.3 Å². The van der Waals surface area contributed by atoms with Crippen LogP contribution in [0.15, 0.2) is 48.7 Å². The van der Waals surface area contributed by atoms with Gasteiger partial charge in [0.05, 0.1) is 17.1 Å². The van der Waals surface area contributed by atoms with Crippen LogP contribution in [-0.4, -0.2) is 39.6 Å². The van der Waals surface area contributed by atoms with E-state index in [0.29, 0.717) is 37.2 Å². The number of fused-ring (bicyclic) bond motifs is 1. The third kappa shape index (κ3) is 4.50. The van der Waals surface area contributed by atoms with Crippen molar-refractivity contribution in [2.45, 2.75) is 12.8 Å². The molecule has 1 aromatic carbocycles. The van der Waals surface area contributed by atoms with Gasteiger partial charge >= 0.3 is 35.5 Å². The molecule has 2 N–H and O–H groups in total. The van der Waals surface area contributed by atoms with E-state index in [9.17, 15) is 14.3 Å². The summed E-state index contributed by atoms with van der Waals surface area (Å²) in [5.74, 6) is -0.577. The number of nitrogens with zero attached hydrogens (tertiary/aromatic N) is 3. The first-order valence-corrected chi connectivity index (χ1v) is 8.61. The minimum Gasteiger partial charge on any atom is -0.870 e. The van der Waals surface area contributed by atoms with E-state index in [2.05, 4.69) is 9.88 Å². The Morgan fingerprint density at radius 2 is 1.89 bits per heavy atom. The van der Waals surface area contributed by atoms with Gasteiger partial charge < -0.3 is 15.5 Å². The van der Waals surface area contributed by atoms with Gasteiger partial charge in [-0.2, -0.15) is 0 Å². The van der Waals surface area contributed by atoms with E-state index in [0.717, 1.165) is 16.7 Å². The molecule has 3 aromatic rings. The minimum absolute atomic E-state index is 0. The maximum Gasteiger partial charge on any atom is 1.00 e. The molecule has 0 atom stereocenters. The van der Waals surface area contributed by atoms with Crippen LogP contribution in [0.4, 0.5) is 10.2 Å². The van der Waals surface area contributed by atoms with Gasteiger partial charge in [0.15, 0.2) is 0 Å². The first-order chi connectivity index (χ1) is 12.6. The van der Waals surface area contributed by atoms with Gasteiger partial charge in [-0.25, -0.2) is 9.37 Å². The number of carbonyl (C=O) groups is 1. The molecule has 1 fully saturated rings. The van der Waals surface area contributed by atoms with E-state index < -0.39 is 5.97 Å². The van der Waals surface area contributed by atoms with Crippen molar-refractivity contribution < 1.29 is 49.3 Å². The predicted molar refractivity (Wildman–Crippen MR) is 99.4 cm³/mol. The smallest absolute Gasteiger partial charge is 0.870 e. The van der Waals surface area contributed by atoms with Gasteiger partial charge in [-0.15, -0.1) is 0 Å². The number of carboxylic acids is 1. The van der Waals surface area contributed by atoms with E-state index >= 15 is 0 Å². The Balaban J connectivity index is 0.00000140. The summed E-state index contributed by atoms with van der Waals surface area (Å²) < 4.78 is 13.7. The van der Waals surface area contributed by atoms with Gasteiger partial charge in [0.1, 0.15) is 11.6 Å². The molecule has 0 amide bonds. The number of pyridine rings is 2. The Labute approximate surface area is 184 Å². The fourth-order valence-electron chi connectivity index (χ4n) is 3.43. The summed E-state index contributed by atoms with van der Waals surface area (Å²) in [6.07, 6.45) is 2.89. The molecule has 0 saturated carbocycles. The maximum absolute atomic E-state index is 13.7. The standard InChI is InChI=1S/C20H18FN3O2.Na.H2O/c21-16-5-1-3-14(11-16)19-18-15(4-2-8-22-18)12-17(23-19)24-9-6-13(7-10-24)20(25)26;;/h1-5,8,11-13H,6-7,9-10H2,(H,25,26);;1H2/q;+1;/p-1. The van der Waals surface area contributed by atoms with Crippen LogP contribution in [0.1, 0.15) is 12.8 Å². The molecule has 0 aliphatic carbocycles. The quantitative estimate of drug-likeness (QED) is 0.656. The zero-order valence-corrected chi connectivity index (χ0v) is 17.5. The van der Waals surface area contributed by atoms with E-state index in [1.807, 2.05) is 24.3 Å². The fraction of sp³-hybridized carbons (Fsp3) is 0.250. The molecule has 140 valence electrons. The van der Waals surface area contributed by atoms with Crippen LogP contribution in [0.3, 0.4) is 0 Å². The zero-order valence-electron chi connectivity index (χ0n) is 15.5. The average molecular weight is 391 g/mol. The van der Waals surface area contributed by atoms with Crippen LogP contribution < -0.4 is 34.5 Å². The van der Waals surface area contributed by atoms with Crippen molar-refractivity contribution in [1.29, 1.82) is 0 Å². The number of piperidine rings is 1. The van der Waals surface area contributed by atoms with E-state index in [1.165, 1.54) is 12.1 Å². The molecule has 1 aliphatic rings. The zero-order chi connectivity index (χ0) is 18.1. The Kier molecular flexibility index (Phi) is 7.48. The van der Waals surface area contributed by atoms with Crippen molar-refractivity contribution in [2.75, 3.05) is 18.0 Å². The number of aromatic nitrogens is 2. The summed E-state index contributed by atoms with van der Waals surface area (Å²) in [5.41, 5.74) is 2.04. The summed E-state index contributed by atoms with van der Waals surface area (Å²) in [6.45, 7) is 1.27. The summed E-state index contributed by atoms with van der Waals surface area (Å²) in [6, 6.07) is 12.1. The Morgan fingerprint density at radius 3 is 2.57 bits per heavy atom. The number of halogens is 1. The molecule has 4 rings (SSSR count). The van der Waals surface area contributed by atoms with Crippen LogP contribution in [-0.2, 0) is 4.79 Å². The van der Waals surface area contributed by atoms with Crippen LogP contribution in [0, 0.1) is 11.7 Å². The van der Waals surface area contributed by atoms with Crippen LogP contribution >= 0.6 is 0 Å². The molecule has 0 unspecified atom stereocenters.